The largest absolute Gasteiger partial charge is 0.299 e. The molecule has 0 amide bonds. The van der Waals surface area contributed by atoms with Crippen LogP contribution in [0, 0.1) is 0 Å². The molecule has 1 saturated heterocycles. The van der Waals surface area contributed by atoms with Gasteiger partial charge in [0.2, 0.25) is 0 Å². The van der Waals surface area contributed by atoms with Gasteiger partial charge < -0.3 is 0 Å². The van der Waals surface area contributed by atoms with Crippen LogP contribution in [0.5, 0.6) is 0 Å². The van der Waals surface area contributed by atoms with Gasteiger partial charge in [-0.15, -0.1) is 0 Å². The molecular weight excluding hydrogens is 274 g/mol. The first kappa shape index (κ1) is 13.6. The van der Waals surface area contributed by atoms with Crippen LogP contribution in [0.2, 0.25) is 5.02 Å². The fraction of sp³-hybridized carbons (Fsp3) is 0.467. The predicted octanol–water partition coefficient (Wildman–Crippen LogP) is 2.53. The number of aromatic nitrogens is 2. The van der Waals surface area contributed by atoms with E-state index in [9.17, 15) is 4.79 Å². The minimum Gasteiger partial charge on any atom is -0.299 e. The van der Waals surface area contributed by atoms with Crippen LogP contribution in [0.1, 0.15) is 19.8 Å². The van der Waals surface area contributed by atoms with Crippen LogP contribution in [0.3, 0.4) is 0 Å². The van der Waals surface area contributed by atoms with Gasteiger partial charge in [-0.3, -0.25) is 14.3 Å². The molecule has 3 rings (SSSR count). The van der Waals surface area contributed by atoms with Gasteiger partial charge in [0.1, 0.15) is 0 Å². The second kappa shape index (κ2) is 5.54. The Labute approximate surface area is 123 Å². The number of rotatable bonds is 3. The summed E-state index contributed by atoms with van der Waals surface area (Å²) in [6.45, 7) is 5.07. The van der Waals surface area contributed by atoms with E-state index in [1.54, 1.807) is 17.0 Å². The molecule has 5 heteroatoms. The molecule has 106 valence electrons. The maximum Gasteiger partial charge on any atom is 0.262 e. The minimum atomic E-state index is -0.0494. The third-order valence-corrected chi connectivity index (χ3v) is 4.34. The van der Waals surface area contributed by atoms with Crippen LogP contribution >= 0.6 is 11.6 Å². The summed E-state index contributed by atoms with van der Waals surface area (Å²) in [7, 11) is 0. The summed E-state index contributed by atoms with van der Waals surface area (Å²) in [5.74, 6) is 0. The summed E-state index contributed by atoms with van der Waals surface area (Å²) < 4.78 is 1.68. The van der Waals surface area contributed by atoms with Gasteiger partial charge in [-0.1, -0.05) is 17.7 Å². The fourth-order valence-electron chi connectivity index (χ4n) is 2.87. The summed E-state index contributed by atoms with van der Waals surface area (Å²) in [6, 6.07) is 5.71. The highest BCUT2D eigenvalue weighted by Crippen LogP contribution is 2.18. The molecule has 0 saturated carbocycles. The SMILES string of the molecule is C[C@H](Cn1cnc2cccc(Cl)c2c1=O)N1CCCC1. The summed E-state index contributed by atoms with van der Waals surface area (Å²) in [6.07, 6.45) is 4.13. The monoisotopic (exact) mass is 291 g/mol. The van der Waals surface area contributed by atoms with E-state index in [0.29, 0.717) is 28.5 Å². The van der Waals surface area contributed by atoms with E-state index in [1.165, 1.54) is 12.8 Å². The number of nitrogens with zero attached hydrogens (tertiary/aromatic N) is 3. The second-order valence-corrected chi connectivity index (χ2v) is 5.84. The van der Waals surface area contributed by atoms with Crippen molar-refractivity contribution in [3.63, 3.8) is 0 Å². The number of hydrogen-bond donors (Lipinski definition) is 0. The summed E-state index contributed by atoms with van der Waals surface area (Å²) >= 11 is 6.13. The first-order chi connectivity index (χ1) is 9.66. The van der Waals surface area contributed by atoms with Crippen LogP contribution in [0.25, 0.3) is 10.9 Å². The molecule has 0 radical (unpaired) electrons. The van der Waals surface area contributed by atoms with Gasteiger partial charge in [-0.2, -0.15) is 0 Å². The third kappa shape index (κ3) is 2.45. The lowest BCUT2D eigenvalue weighted by Crippen LogP contribution is -2.36. The summed E-state index contributed by atoms with van der Waals surface area (Å²) in [5.41, 5.74) is 0.610. The van der Waals surface area contributed by atoms with E-state index in [0.717, 1.165) is 13.1 Å². The maximum atomic E-state index is 12.5. The molecule has 1 aliphatic rings. The fourth-order valence-corrected chi connectivity index (χ4v) is 3.12. The Hall–Kier alpha value is -1.39. The van der Waals surface area contributed by atoms with Gasteiger partial charge in [0, 0.05) is 12.6 Å². The molecule has 2 aromatic rings. The first-order valence-corrected chi connectivity index (χ1v) is 7.42. The molecule has 0 aliphatic carbocycles. The molecule has 1 atom stereocenters. The van der Waals surface area contributed by atoms with Crippen molar-refractivity contribution in [1.29, 1.82) is 0 Å². The zero-order valence-electron chi connectivity index (χ0n) is 11.6. The van der Waals surface area contributed by atoms with Crippen molar-refractivity contribution in [2.45, 2.75) is 32.4 Å². The van der Waals surface area contributed by atoms with Crippen LogP contribution in [-0.4, -0.2) is 33.6 Å². The zero-order valence-corrected chi connectivity index (χ0v) is 12.3. The van der Waals surface area contributed by atoms with E-state index in [1.807, 2.05) is 12.1 Å². The highest BCUT2D eigenvalue weighted by molar-refractivity contribution is 6.35. The zero-order chi connectivity index (χ0) is 14.1. The normalized spacial score (nSPS) is 17.7. The molecule has 1 aromatic heterocycles. The lowest BCUT2D eigenvalue weighted by atomic mass is 10.2. The number of likely N-dealkylation sites (tertiary alicyclic amines) is 1. The number of halogens is 1. The second-order valence-electron chi connectivity index (χ2n) is 5.43. The number of benzene rings is 1. The lowest BCUT2D eigenvalue weighted by molar-refractivity contribution is 0.234. The summed E-state index contributed by atoms with van der Waals surface area (Å²) in [5, 5.41) is 0.994. The molecular formula is C15H18ClN3O. The van der Waals surface area contributed by atoms with Crippen molar-refractivity contribution >= 4 is 22.5 Å². The van der Waals surface area contributed by atoms with E-state index in [2.05, 4.69) is 16.8 Å². The molecule has 1 aromatic carbocycles. The molecule has 0 bridgehead atoms. The average molecular weight is 292 g/mol. The van der Waals surface area contributed by atoms with Gasteiger partial charge in [-0.25, -0.2) is 4.98 Å². The molecule has 0 spiro atoms. The Morgan fingerprint density at radius 3 is 2.85 bits per heavy atom. The van der Waals surface area contributed by atoms with Crippen molar-refractivity contribution in [1.82, 2.24) is 14.5 Å². The molecule has 2 heterocycles. The van der Waals surface area contributed by atoms with Gasteiger partial charge in [-0.05, 0) is 45.0 Å². The maximum absolute atomic E-state index is 12.5. The summed E-state index contributed by atoms with van der Waals surface area (Å²) in [4.78, 5) is 19.3. The van der Waals surface area contributed by atoms with Gasteiger partial charge >= 0.3 is 0 Å². The molecule has 1 aliphatic heterocycles. The Balaban J connectivity index is 1.94. The Morgan fingerprint density at radius 1 is 1.35 bits per heavy atom. The topological polar surface area (TPSA) is 38.1 Å². The molecule has 0 unspecified atom stereocenters. The van der Waals surface area contributed by atoms with Crippen LogP contribution in [0.4, 0.5) is 0 Å². The van der Waals surface area contributed by atoms with Crippen molar-refractivity contribution in [3.8, 4) is 0 Å². The standard InChI is InChI=1S/C15H18ClN3O/c1-11(18-7-2-3-8-18)9-19-10-17-13-6-4-5-12(16)14(13)15(19)20/h4-6,10-11H,2-3,7-9H2,1H3/t11-/m1/s1. The molecule has 0 N–H and O–H groups in total. The van der Waals surface area contributed by atoms with E-state index >= 15 is 0 Å². The van der Waals surface area contributed by atoms with Crippen LogP contribution < -0.4 is 5.56 Å². The lowest BCUT2D eigenvalue weighted by Gasteiger charge is -2.24. The van der Waals surface area contributed by atoms with Gasteiger partial charge in [0.05, 0.1) is 22.3 Å². The highest BCUT2D eigenvalue weighted by atomic mass is 35.5. The Morgan fingerprint density at radius 2 is 2.10 bits per heavy atom. The van der Waals surface area contributed by atoms with Crippen molar-refractivity contribution in [2.75, 3.05) is 13.1 Å². The average Bonchev–Trinajstić information content (AvgIpc) is 2.96. The molecule has 20 heavy (non-hydrogen) atoms. The highest BCUT2D eigenvalue weighted by Gasteiger charge is 2.19. The third-order valence-electron chi connectivity index (χ3n) is 4.03. The molecule has 4 nitrogen and oxygen atoms in total. The van der Waals surface area contributed by atoms with Crippen molar-refractivity contribution < 1.29 is 0 Å². The van der Waals surface area contributed by atoms with Crippen LogP contribution in [-0.2, 0) is 6.54 Å². The molecule has 1 fully saturated rings. The van der Waals surface area contributed by atoms with Crippen molar-refractivity contribution in [3.05, 3.63) is 39.9 Å². The first-order valence-electron chi connectivity index (χ1n) is 7.04. The predicted molar refractivity (Wildman–Crippen MR) is 81.3 cm³/mol. The van der Waals surface area contributed by atoms with Crippen LogP contribution in [0.15, 0.2) is 29.3 Å². The van der Waals surface area contributed by atoms with E-state index in [4.69, 9.17) is 11.6 Å². The van der Waals surface area contributed by atoms with Gasteiger partial charge in [0.15, 0.2) is 0 Å². The quantitative estimate of drug-likeness (QED) is 0.872. The van der Waals surface area contributed by atoms with E-state index in [-0.39, 0.29) is 5.56 Å². The minimum absolute atomic E-state index is 0.0494. The Bertz CT molecular complexity index is 676. The van der Waals surface area contributed by atoms with Crippen molar-refractivity contribution in [2.24, 2.45) is 0 Å². The Kier molecular flexibility index (Phi) is 3.76. The van der Waals surface area contributed by atoms with E-state index < -0.39 is 0 Å². The smallest absolute Gasteiger partial charge is 0.262 e. The number of fused-ring (bicyclic) bond motifs is 1. The van der Waals surface area contributed by atoms with Gasteiger partial charge in [0.25, 0.3) is 5.56 Å². The number of hydrogen-bond acceptors (Lipinski definition) is 3.